The number of unbranched alkanes of at least 4 members (excludes halogenated alkanes) is 1. The summed E-state index contributed by atoms with van der Waals surface area (Å²) in [6.07, 6.45) is 0.498. The minimum atomic E-state index is -1.55. The molecule has 0 aliphatic carbocycles. The molecule has 2 heterocycles. The largest absolute Gasteiger partial charge is 0.464 e. The third kappa shape index (κ3) is 7.47. The lowest BCUT2D eigenvalue weighted by molar-refractivity contribution is -0.112. The summed E-state index contributed by atoms with van der Waals surface area (Å²) in [5.41, 5.74) is 0.444. The van der Waals surface area contributed by atoms with Gasteiger partial charge in [-0.2, -0.15) is 0 Å². The summed E-state index contributed by atoms with van der Waals surface area (Å²) in [7, 11) is 0. The van der Waals surface area contributed by atoms with Gasteiger partial charge in [0, 0.05) is 30.0 Å². The summed E-state index contributed by atoms with van der Waals surface area (Å²) in [6, 6.07) is 1.34. The number of hydrogen-bond donors (Lipinski definition) is 4. The molecule has 1 aromatic carbocycles. The first-order valence-corrected chi connectivity index (χ1v) is 15.0. The van der Waals surface area contributed by atoms with Gasteiger partial charge in [-0.1, -0.05) is 27.2 Å². The van der Waals surface area contributed by atoms with Crippen molar-refractivity contribution in [2.45, 2.75) is 80.3 Å². The maximum atomic E-state index is 16.1. The average molecular weight is 614 g/mol. The van der Waals surface area contributed by atoms with Crippen LogP contribution in [0.1, 0.15) is 92.8 Å². The molecule has 44 heavy (non-hydrogen) atoms. The highest BCUT2D eigenvalue weighted by Gasteiger charge is 2.41. The molecular formula is C32H44FN5O6. The van der Waals surface area contributed by atoms with Gasteiger partial charge in [-0.15, -0.1) is 0 Å². The molecule has 240 valence electrons. The van der Waals surface area contributed by atoms with Crippen molar-refractivity contribution in [2.24, 2.45) is 0 Å². The van der Waals surface area contributed by atoms with Crippen LogP contribution in [-0.4, -0.2) is 70.8 Å². The Kier molecular flexibility index (Phi) is 11.0. The van der Waals surface area contributed by atoms with Crippen LogP contribution >= 0.6 is 0 Å². The number of likely N-dealkylation sites (N-methyl/N-ethyl adjacent to an activating group) is 1. The van der Waals surface area contributed by atoms with Crippen molar-refractivity contribution in [3.63, 3.8) is 0 Å². The standard InChI is InChI=1S/C32H44FN5O6/c1-9-12-13-20-16-23-25(27(26(20)33)36-30(41)44-32(6,7)8)21(29(40)38(23)31(42)43)17-22-18(4)24(19(5)35-22)28(39)34-14-15-37(10-2)11-3/h16-17,35H,9-15H2,1-8H3,(H,34,39)(H,36,41)(H,42,43). The smallest absolute Gasteiger partial charge is 0.419 e. The van der Waals surface area contributed by atoms with E-state index in [-0.39, 0.29) is 40.4 Å². The molecule has 1 aliphatic heterocycles. The van der Waals surface area contributed by atoms with Gasteiger partial charge in [0.1, 0.15) is 5.60 Å². The normalized spacial score (nSPS) is 13.9. The summed E-state index contributed by atoms with van der Waals surface area (Å²) >= 11 is 0. The highest BCUT2D eigenvalue weighted by atomic mass is 19.1. The summed E-state index contributed by atoms with van der Waals surface area (Å²) in [5.74, 6) is -1.98. The molecule has 0 fully saturated rings. The van der Waals surface area contributed by atoms with Crippen molar-refractivity contribution in [3.8, 4) is 0 Å². The van der Waals surface area contributed by atoms with E-state index in [2.05, 4.69) is 20.5 Å². The number of aryl methyl sites for hydroxylation is 2. The molecule has 4 amide bonds. The molecule has 12 heteroatoms. The zero-order valence-electron chi connectivity index (χ0n) is 26.9. The molecule has 11 nitrogen and oxygen atoms in total. The number of anilines is 2. The number of fused-ring (bicyclic) bond motifs is 1. The maximum Gasteiger partial charge on any atom is 0.419 e. The number of H-pyrrole nitrogens is 1. The van der Waals surface area contributed by atoms with Crippen LogP contribution in [0.3, 0.4) is 0 Å². The minimum absolute atomic E-state index is 0.0670. The maximum absolute atomic E-state index is 16.1. The number of rotatable bonds is 11. The fraction of sp³-hybridized carbons (Fsp3) is 0.500. The van der Waals surface area contributed by atoms with Crippen LogP contribution < -0.4 is 15.5 Å². The molecular weight excluding hydrogens is 569 g/mol. The Morgan fingerprint density at radius 2 is 1.82 bits per heavy atom. The summed E-state index contributed by atoms with van der Waals surface area (Å²) in [4.78, 5) is 57.7. The molecule has 3 rings (SSSR count). The molecule has 1 aromatic heterocycles. The number of carboxylic acid groups (broad SMARTS) is 1. The fourth-order valence-corrected chi connectivity index (χ4v) is 5.24. The molecule has 0 spiro atoms. The number of nitrogens with one attached hydrogen (secondary N) is 3. The Morgan fingerprint density at radius 1 is 1.16 bits per heavy atom. The lowest BCUT2D eigenvalue weighted by Crippen LogP contribution is -2.35. The quantitative estimate of drug-likeness (QED) is 0.224. The fourth-order valence-electron chi connectivity index (χ4n) is 5.24. The molecule has 2 aromatic rings. The number of halogens is 1. The van der Waals surface area contributed by atoms with E-state index in [1.54, 1.807) is 34.6 Å². The summed E-state index contributed by atoms with van der Waals surface area (Å²) < 4.78 is 21.4. The third-order valence-electron chi connectivity index (χ3n) is 7.48. The van der Waals surface area contributed by atoms with Crippen LogP contribution in [0.2, 0.25) is 0 Å². The highest BCUT2D eigenvalue weighted by molar-refractivity contribution is 6.42. The molecule has 1 aliphatic rings. The second-order valence-corrected chi connectivity index (χ2v) is 11.8. The number of aromatic amines is 1. The summed E-state index contributed by atoms with van der Waals surface area (Å²) in [6.45, 7) is 17.3. The second-order valence-electron chi connectivity index (χ2n) is 11.8. The van der Waals surface area contributed by atoms with Gasteiger partial charge in [0.05, 0.1) is 22.5 Å². The number of carbonyl (C=O) groups is 4. The van der Waals surface area contributed by atoms with E-state index in [9.17, 15) is 24.3 Å². The van der Waals surface area contributed by atoms with Crippen molar-refractivity contribution in [1.82, 2.24) is 15.2 Å². The van der Waals surface area contributed by atoms with E-state index in [0.717, 1.165) is 19.5 Å². The van der Waals surface area contributed by atoms with E-state index in [1.165, 1.54) is 12.1 Å². The first-order valence-electron chi connectivity index (χ1n) is 15.0. The lowest BCUT2D eigenvalue weighted by atomic mass is 9.97. The van der Waals surface area contributed by atoms with Gasteiger partial charge in [-0.05, 0) is 83.8 Å². The minimum Gasteiger partial charge on any atom is -0.464 e. The lowest BCUT2D eigenvalue weighted by Gasteiger charge is -2.21. The van der Waals surface area contributed by atoms with Crippen LogP contribution in [0.25, 0.3) is 11.6 Å². The van der Waals surface area contributed by atoms with Gasteiger partial charge >= 0.3 is 12.2 Å². The first-order chi connectivity index (χ1) is 20.6. The van der Waals surface area contributed by atoms with Crippen LogP contribution in [0.5, 0.6) is 0 Å². The van der Waals surface area contributed by atoms with Gasteiger partial charge < -0.3 is 25.0 Å². The molecule has 4 N–H and O–H groups in total. The monoisotopic (exact) mass is 613 g/mol. The number of aromatic nitrogens is 1. The Labute approximate surface area is 257 Å². The van der Waals surface area contributed by atoms with E-state index in [0.29, 0.717) is 46.9 Å². The first kappa shape index (κ1) is 34.3. The molecule has 0 radical (unpaired) electrons. The number of ether oxygens (including phenoxy) is 1. The van der Waals surface area contributed by atoms with Crippen LogP contribution in [0.15, 0.2) is 6.07 Å². The van der Waals surface area contributed by atoms with Gasteiger partial charge in [-0.3, -0.25) is 14.9 Å². The predicted octanol–water partition coefficient (Wildman–Crippen LogP) is 6.10. The van der Waals surface area contributed by atoms with Crippen molar-refractivity contribution in [3.05, 3.63) is 45.5 Å². The third-order valence-corrected chi connectivity index (χ3v) is 7.48. The number of benzene rings is 1. The molecule has 0 unspecified atom stereocenters. The Hall–Kier alpha value is -4.19. The predicted molar refractivity (Wildman–Crippen MR) is 169 cm³/mol. The molecule has 0 saturated carbocycles. The van der Waals surface area contributed by atoms with Crippen molar-refractivity contribution < 1.29 is 33.4 Å². The van der Waals surface area contributed by atoms with Crippen molar-refractivity contribution in [1.29, 1.82) is 0 Å². The van der Waals surface area contributed by atoms with Crippen LogP contribution in [-0.2, 0) is 16.0 Å². The van der Waals surface area contributed by atoms with E-state index < -0.39 is 29.5 Å². The van der Waals surface area contributed by atoms with E-state index >= 15 is 4.39 Å². The Morgan fingerprint density at radius 3 is 2.39 bits per heavy atom. The number of nitrogens with zero attached hydrogens (tertiary/aromatic N) is 2. The summed E-state index contributed by atoms with van der Waals surface area (Å²) in [5, 5.41) is 15.4. The van der Waals surface area contributed by atoms with E-state index in [4.69, 9.17) is 4.74 Å². The van der Waals surface area contributed by atoms with Gasteiger partial charge in [0.15, 0.2) is 5.82 Å². The number of imide groups is 1. The van der Waals surface area contributed by atoms with Crippen LogP contribution in [0, 0.1) is 19.7 Å². The Bertz CT molecular complexity index is 1470. The molecule has 0 saturated heterocycles. The van der Waals surface area contributed by atoms with Gasteiger partial charge in [-0.25, -0.2) is 18.9 Å². The van der Waals surface area contributed by atoms with Crippen LogP contribution in [0.4, 0.5) is 25.4 Å². The SMILES string of the molecule is CCCCc1cc2c(c(NC(=O)OC(C)(C)C)c1F)C(=Cc1[nH]c(C)c(C(=O)NCCN(CC)CC)c1C)C(=O)N2C(=O)O. The second kappa shape index (κ2) is 14.1. The zero-order chi connectivity index (χ0) is 32.9. The number of amides is 4. The average Bonchev–Trinajstić information content (AvgIpc) is 3.37. The topological polar surface area (TPSA) is 144 Å². The number of hydrogen-bond acceptors (Lipinski definition) is 6. The molecule has 0 bridgehead atoms. The zero-order valence-corrected chi connectivity index (χ0v) is 26.9. The number of carbonyl (C=O) groups excluding carboxylic acids is 3. The molecule has 0 atom stereocenters. The highest BCUT2D eigenvalue weighted by Crippen LogP contribution is 2.45. The van der Waals surface area contributed by atoms with Crippen molar-refractivity contribution >= 4 is 47.0 Å². The Balaban J connectivity index is 2.15. The van der Waals surface area contributed by atoms with Gasteiger partial charge in [0.25, 0.3) is 11.8 Å². The van der Waals surface area contributed by atoms with Crippen molar-refractivity contribution in [2.75, 3.05) is 36.4 Å². The van der Waals surface area contributed by atoms with E-state index in [1.807, 2.05) is 20.8 Å². The van der Waals surface area contributed by atoms with Gasteiger partial charge in [0.2, 0.25) is 0 Å².